The molecule has 114 valence electrons. The molecular weight excluding hydrogens is 268 g/mol. The van der Waals surface area contributed by atoms with Crippen molar-refractivity contribution in [3.63, 3.8) is 0 Å². The quantitative estimate of drug-likeness (QED) is 0.603. The number of ether oxygens (including phenoxy) is 2. The Hall–Kier alpha value is -2.05. The Morgan fingerprint density at radius 1 is 1.29 bits per heavy atom. The molecule has 0 fully saturated rings. The SMILES string of the molecule is COc1cnn(C(C)C)c1C(COc1ccccc1)NN. The Morgan fingerprint density at radius 3 is 2.57 bits per heavy atom. The van der Waals surface area contributed by atoms with Crippen LogP contribution in [0.25, 0.3) is 0 Å². The van der Waals surface area contributed by atoms with E-state index in [-0.39, 0.29) is 12.1 Å². The van der Waals surface area contributed by atoms with Gasteiger partial charge >= 0.3 is 0 Å². The van der Waals surface area contributed by atoms with E-state index in [9.17, 15) is 0 Å². The minimum absolute atomic E-state index is 0.205. The van der Waals surface area contributed by atoms with E-state index in [1.807, 2.05) is 35.0 Å². The Kier molecular flexibility index (Phi) is 5.19. The summed E-state index contributed by atoms with van der Waals surface area (Å²) in [7, 11) is 1.62. The highest BCUT2D eigenvalue weighted by Gasteiger charge is 2.23. The lowest BCUT2D eigenvalue weighted by molar-refractivity contribution is 0.253. The van der Waals surface area contributed by atoms with Gasteiger partial charge in [0.15, 0.2) is 5.75 Å². The lowest BCUT2D eigenvalue weighted by atomic mass is 10.2. The van der Waals surface area contributed by atoms with Crippen molar-refractivity contribution in [2.75, 3.05) is 13.7 Å². The number of aromatic nitrogens is 2. The first kappa shape index (κ1) is 15.3. The van der Waals surface area contributed by atoms with Crippen LogP contribution in [0.4, 0.5) is 0 Å². The van der Waals surface area contributed by atoms with Crippen molar-refractivity contribution < 1.29 is 9.47 Å². The maximum atomic E-state index is 5.78. The summed E-state index contributed by atoms with van der Waals surface area (Å²) in [6.07, 6.45) is 1.70. The van der Waals surface area contributed by atoms with Gasteiger partial charge in [0.25, 0.3) is 0 Å². The fraction of sp³-hybridized carbons (Fsp3) is 0.400. The van der Waals surface area contributed by atoms with Gasteiger partial charge in [-0.3, -0.25) is 10.5 Å². The van der Waals surface area contributed by atoms with Crippen LogP contribution in [0.2, 0.25) is 0 Å². The van der Waals surface area contributed by atoms with Crippen LogP contribution in [0, 0.1) is 0 Å². The first-order valence-corrected chi connectivity index (χ1v) is 6.92. The number of methoxy groups -OCH3 is 1. The number of benzene rings is 1. The van der Waals surface area contributed by atoms with Crippen LogP contribution < -0.4 is 20.7 Å². The monoisotopic (exact) mass is 290 g/mol. The van der Waals surface area contributed by atoms with E-state index in [0.717, 1.165) is 11.4 Å². The lowest BCUT2D eigenvalue weighted by Crippen LogP contribution is -2.34. The highest BCUT2D eigenvalue weighted by atomic mass is 16.5. The maximum absolute atomic E-state index is 5.78. The van der Waals surface area contributed by atoms with Gasteiger partial charge in [0, 0.05) is 6.04 Å². The van der Waals surface area contributed by atoms with Crippen LogP contribution in [0.15, 0.2) is 36.5 Å². The van der Waals surface area contributed by atoms with Crippen molar-refractivity contribution in [1.82, 2.24) is 15.2 Å². The van der Waals surface area contributed by atoms with E-state index in [1.165, 1.54) is 0 Å². The number of nitrogens with zero attached hydrogens (tertiary/aromatic N) is 2. The van der Waals surface area contributed by atoms with E-state index in [2.05, 4.69) is 24.4 Å². The number of nitrogens with one attached hydrogen (secondary N) is 1. The molecule has 0 amide bonds. The fourth-order valence-corrected chi connectivity index (χ4v) is 2.16. The van der Waals surface area contributed by atoms with E-state index in [4.69, 9.17) is 15.3 Å². The molecule has 6 nitrogen and oxygen atoms in total. The molecule has 1 unspecified atom stereocenters. The molecule has 0 radical (unpaired) electrons. The normalized spacial score (nSPS) is 12.4. The average Bonchev–Trinajstić information content (AvgIpc) is 2.93. The standard InChI is InChI=1S/C15H22N4O2/c1-11(2)19-15(14(20-3)9-17-19)13(18-16)10-21-12-7-5-4-6-8-12/h4-9,11,13,18H,10,16H2,1-3H3. The zero-order valence-electron chi connectivity index (χ0n) is 12.6. The van der Waals surface area contributed by atoms with Crippen LogP contribution in [0.3, 0.4) is 0 Å². The van der Waals surface area contributed by atoms with E-state index in [0.29, 0.717) is 12.4 Å². The predicted molar refractivity (Wildman–Crippen MR) is 81.2 cm³/mol. The molecule has 0 aliphatic carbocycles. The molecule has 2 aromatic rings. The van der Waals surface area contributed by atoms with E-state index in [1.54, 1.807) is 13.3 Å². The van der Waals surface area contributed by atoms with Gasteiger partial charge < -0.3 is 9.47 Å². The summed E-state index contributed by atoms with van der Waals surface area (Å²) < 4.78 is 13.0. The van der Waals surface area contributed by atoms with Crippen molar-refractivity contribution in [3.8, 4) is 11.5 Å². The van der Waals surface area contributed by atoms with Gasteiger partial charge in [-0.25, -0.2) is 5.43 Å². The molecule has 2 rings (SSSR count). The summed E-state index contributed by atoms with van der Waals surface area (Å²) >= 11 is 0. The average molecular weight is 290 g/mol. The molecule has 1 aromatic carbocycles. The Bertz CT molecular complexity index is 554. The molecular formula is C15H22N4O2. The first-order chi connectivity index (χ1) is 10.2. The van der Waals surface area contributed by atoms with E-state index >= 15 is 0 Å². The van der Waals surface area contributed by atoms with Crippen LogP contribution in [0.5, 0.6) is 11.5 Å². The number of rotatable bonds is 7. The van der Waals surface area contributed by atoms with Gasteiger partial charge in [0.2, 0.25) is 0 Å². The van der Waals surface area contributed by atoms with Crippen LogP contribution in [0.1, 0.15) is 31.6 Å². The molecule has 0 saturated heterocycles. The minimum Gasteiger partial charge on any atom is -0.493 e. The van der Waals surface area contributed by atoms with E-state index < -0.39 is 0 Å². The van der Waals surface area contributed by atoms with Crippen LogP contribution >= 0.6 is 0 Å². The number of para-hydroxylation sites is 1. The van der Waals surface area contributed by atoms with Gasteiger partial charge in [-0.05, 0) is 26.0 Å². The highest BCUT2D eigenvalue weighted by molar-refractivity contribution is 5.29. The second kappa shape index (κ2) is 7.10. The summed E-state index contributed by atoms with van der Waals surface area (Å²) in [4.78, 5) is 0. The third kappa shape index (κ3) is 3.53. The van der Waals surface area contributed by atoms with Crippen molar-refractivity contribution in [2.45, 2.75) is 25.9 Å². The molecule has 0 bridgehead atoms. The van der Waals surface area contributed by atoms with Crippen molar-refractivity contribution in [2.24, 2.45) is 5.84 Å². The fourth-order valence-electron chi connectivity index (χ4n) is 2.16. The Balaban J connectivity index is 2.19. The first-order valence-electron chi connectivity index (χ1n) is 6.92. The second-order valence-electron chi connectivity index (χ2n) is 4.98. The van der Waals surface area contributed by atoms with Gasteiger partial charge in [-0.15, -0.1) is 0 Å². The molecule has 1 aromatic heterocycles. The predicted octanol–water partition coefficient (Wildman–Crippen LogP) is 2.06. The van der Waals surface area contributed by atoms with Crippen molar-refractivity contribution in [1.29, 1.82) is 0 Å². The van der Waals surface area contributed by atoms with Gasteiger partial charge in [0.05, 0.1) is 13.3 Å². The van der Waals surface area contributed by atoms with Gasteiger partial charge in [-0.2, -0.15) is 5.10 Å². The minimum atomic E-state index is -0.218. The lowest BCUT2D eigenvalue weighted by Gasteiger charge is -2.21. The molecule has 0 saturated carbocycles. The summed E-state index contributed by atoms with van der Waals surface area (Å²) in [5.74, 6) is 7.19. The third-order valence-corrected chi connectivity index (χ3v) is 3.20. The number of nitrogens with two attached hydrogens (primary N) is 1. The molecule has 0 spiro atoms. The second-order valence-corrected chi connectivity index (χ2v) is 4.98. The van der Waals surface area contributed by atoms with Crippen molar-refractivity contribution >= 4 is 0 Å². The molecule has 1 atom stereocenters. The molecule has 6 heteroatoms. The van der Waals surface area contributed by atoms with Crippen LogP contribution in [-0.4, -0.2) is 23.5 Å². The highest BCUT2D eigenvalue weighted by Crippen LogP contribution is 2.27. The maximum Gasteiger partial charge on any atom is 0.161 e. The smallest absolute Gasteiger partial charge is 0.161 e. The molecule has 1 heterocycles. The number of hydrogen-bond donors (Lipinski definition) is 2. The van der Waals surface area contributed by atoms with Gasteiger partial charge in [0.1, 0.15) is 24.1 Å². The summed E-state index contributed by atoms with van der Waals surface area (Å²) in [5.41, 5.74) is 3.66. The number of hydrazine groups is 1. The molecule has 0 aliphatic rings. The largest absolute Gasteiger partial charge is 0.493 e. The summed E-state index contributed by atoms with van der Waals surface area (Å²) in [6.45, 7) is 4.50. The molecule has 3 N–H and O–H groups in total. The van der Waals surface area contributed by atoms with Gasteiger partial charge in [-0.1, -0.05) is 18.2 Å². The summed E-state index contributed by atoms with van der Waals surface area (Å²) in [5, 5.41) is 4.35. The summed E-state index contributed by atoms with van der Waals surface area (Å²) in [6, 6.07) is 9.61. The molecule has 0 aliphatic heterocycles. The Labute approximate surface area is 124 Å². The Morgan fingerprint density at radius 2 is 2.00 bits per heavy atom. The third-order valence-electron chi connectivity index (χ3n) is 3.20. The molecule has 21 heavy (non-hydrogen) atoms. The van der Waals surface area contributed by atoms with Crippen molar-refractivity contribution in [3.05, 3.63) is 42.2 Å². The topological polar surface area (TPSA) is 74.3 Å². The zero-order chi connectivity index (χ0) is 15.2. The number of hydrogen-bond acceptors (Lipinski definition) is 5. The zero-order valence-corrected chi connectivity index (χ0v) is 12.6. The van der Waals surface area contributed by atoms with Crippen LogP contribution in [-0.2, 0) is 0 Å².